The van der Waals surface area contributed by atoms with E-state index in [1.165, 1.54) is 37.4 Å². The Balaban J connectivity index is 1.64. The molecule has 0 aliphatic heterocycles. The van der Waals surface area contributed by atoms with Gasteiger partial charge in [-0.05, 0) is 86.6 Å². The standard InChI is InChI=1S/C31H34F3N3O5S/c1-17-14-18(2)25(19(3)15-17)36-30(40)37-28-23(27(38)35-26(29(39)41-4)21-8-6-5-7-9-21)16-24(43-28)20-10-12-22(13-11-20)42-31(32,33)34/h10-16,21,26H,5-9H2,1-4H3,(H,35,38)(H2,36,37,40)/t26-/m0/s1. The Morgan fingerprint density at radius 3 is 2.14 bits per heavy atom. The van der Waals surface area contributed by atoms with Crippen LogP contribution in [0, 0.1) is 26.7 Å². The van der Waals surface area contributed by atoms with Gasteiger partial charge in [0, 0.05) is 10.6 Å². The maximum atomic E-state index is 13.7. The molecule has 0 spiro atoms. The number of halogens is 3. The molecular formula is C31H34F3N3O5S. The number of aryl methyl sites for hydroxylation is 3. The van der Waals surface area contributed by atoms with Crippen LogP contribution >= 0.6 is 11.3 Å². The van der Waals surface area contributed by atoms with Crippen LogP contribution in [0.3, 0.4) is 0 Å². The van der Waals surface area contributed by atoms with Gasteiger partial charge in [0.1, 0.15) is 16.8 Å². The number of thiophene rings is 1. The van der Waals surface area contributed by atoms with E-state index in [4.69, 9.17) is 4.74 Å². The Kier molecular flexibility index (Phi) is 10.0. The van der Waals surface area contributed by atoms with Crippen LogP contribution in [-0.2, 0) is 9.53 Å². The van der Waals surface area contributed by atoms with E-state index >= 15 is 0 Å². The number of nitrogens with one attached hydrogen (secondary N) is 3. The molecule has 0 saturated heterocycles. The van der Waals surface area contributed by atoms with Crippen molar-refractivity contribution in [2.75, 3.05) is 17.7 Å². The summed E-state index contributed by atoms with van der Waals surface area (Å²) in [6, 6.07) is 9.16. The number of hydrogen-bond donors (Lipinski definition) is 3. The molecule has 0 bridgehead atoms. The summed E-state index contributed by atoms with van der Waals surface area (Å²) < 4.78 is 46.9. The highest BCUT2D eigenvalue weighted by Crippen LogP contribution is 2.37. The fourth-order valence-electron chi connectivity index (χ4n) is 5.42. The average molecular weight is 618 g/mol. The van der Waals surface area contributed by atoms with Crippen molar-refractivity contribution in [3.05, 3.63) is 64.7 Å². The third-order valence-corrected chi connectivity index (χ3v) is 8.45. The van der Waals surface area contributed by atoms with Gasteiger partial charge in [0.25, 0.3) is 5.91 Å². The van der Waals surface area contributed by atoms with Crippen molar-refractivity contribution in [1.29, 1.82) is 0 Å². The van der Waals surface area contributed by atoms with Crippen molar-refractivity contribution in [3.8, 4) is 16.2 Å². The van der Waals surface area contributed by atoms with Gasteiger partial charge in [-0.2, -0.15) is 0 Å². The second-order valence-electron chi connectivity index (χ2n) is 10.7. The zero-order valence-electron chi connectivity index (χ0n) is 24.3. The molecule has 3 N–H and O–H groups in total. The normalized spacial score (nSPS) is 14.5. The highest BCUT2D eigenvalue weighted by molar-refractivity contribution is 7.20. The molecule has 1 aliphatic rings. The van der Waals surface area contributed by atoms with Gasteiger partial charge in [0.15, 0.2) is 0 Å². The van der Waals surface area contributed by atoms with Gasteiger partial charge in [0.2, 0.25) is 0 Å². The molecule has 0 radical (unpaired) electrons. The summed E-state index contributed by atoms with van der Waals surface area (Å²) in [4.78, 5) is 40.0. The number of esters is 1. The van der Waals surface area contributed by atoms with Gasteiger partial charge < -0.3 is 20.1 Å². The van der Waals surface area contributed by atoms with Crippen molar-refractivity contribution in [2.45, 2.75) is 65.3 Å². The van der Waals surface area contributed by atoms with Crippen molar-refractivity contribution >= 4 is 39.9 Å². The molecule has 3 aromatic rings. The van der Waals surface area contributed by atoms with E-state index in [-0.39, 0.29) is 22.2 Å². The lowest BCUT2D eigenvalue weighted by atomic mass is 9.83. The van der Waals surface area contributed by atoms with E-state index < -0.39 is 30.3 Å². The second-order valence-corrected chi connectivity index (χ2v) is 11.7. The number of benzene rings is 2. The summed E-state index contributed by atoms with van der Waals surface area (Å²) >= 11 is 1.07. The first-order chi connectivity index (χ1) is 20.3. The van der Waals surface area contributed by atoms with E-state index in [2.05, 4.69) is 20.7 Å². The molecule has 1 saturated carbocycles. The molecule has 230 valence electrons. The number of carbonyl (C=O) groups is 3. The lowest BCUT2D eigenvalue weighted by Crippen LogP contribution is -2.47. The Labute approximate surface area is 252 Å². The van der Waals surface area contributed by atoms with Crippen LogP contribution in [0.5, 0.6) is 5.75 Å². The lowest BCUT2D eigenvalue weighted by molar-refractivity contribution is -0.274. The first-order valence-electron chi connectivity index (χ1n) is 13.9. The Morgan fingerprint density at radius 2 is 1.56 bits per heavy atom. The van der Waals surface area contributed by atoms with Gasteiger partial charge in [-0.25, -0.2) is 9.59 Å². The largest absolute Gasteiger partial charge is 0.573 e. The number of methoxy groups -OCH3 is 1. The van der Waals surface area contributed by atoms with Crippen LogP contribution in [0.4, 0.5) is 28.7 Å². The maximum Gasteiger partial charge on any atom is 0.573 e. The summed E-state index contributed by atoms with van der Waals surface area (Å²) in [7, 11) is 1.27. The first-order valence-corrected chi connectivity index (χ1v) is 14.7. The first kappa shape index (κ1) is 31.9. The van der Waals surface area contributed by atoms with Crippen LogP contribution in [0.2, 0.25) is 0 Å². The van der Waals surface area contributed by atoms with E-state index in [1.807, 2.05) is 32.9 Å². The molecule has 43 heavy (non-hydrogen) atoms. The van der Waals surface area contributed by atoms with Crippen LogP contribution in [0.1, 0.15) is 59.2 Å². The van der Waals surface area contributed by atoms with Gasteiger partial charge >= 0.3 is 18.4 Å². The van der Waals surface area contributed by atoms with Gasteiger partial charge in [-0.1, -0.05) is 37.0 Å². The smallest absolute Gasteiger partial charge is 0.467 e. The van der Waals surface area contributed by atoms with Gasteiger partial charge in [-0.15, -0.1) is 24.5 Å². The summed E-state index contributed by atoms with van der Waals surface area (Å²) in [6.07, 6.45) is -0.357. The third kappa shape index (κ3) is 8.28. The van der Waals surface area contributed by atoms with Crippen molar-refractivity contribution < 1.29 is 37.0 Å². The molecule has 4 rings (SSSR count). The number of alkyl halides is 3. The van der Waals surface area contributed by atoms with Gasteiger partial charge in [0.05, 0.1) is 12.7 Å². The second kappa shape index (κ2) is 13.5. The molecular weight excluding hydrogens is 583 g/mol. The summed E-state index contributed by atoms with van der Waals surface area (Å²) in [6.45, 7) is 5.71. The van der Waals surface area contributed by atoms with E-state index in [9.17, 15) is 27.6 Å². The molecule has 1 aromatic heterocycles. The van der Waals surface area contributed by atoms with Gasteiger partial charge in [-0.3, -0.25) is 10.1 Å². The molecule has 1 fully saturated rings. The van der Waals surface area contributed by atoms with Crippen LogP contribution < -0.4 is 20.7 Å². The van der Waals surface area contributed by atoms with Crippen LogP contribution in [0.15, 0.2) is 42.5 Å². The van der Waals surface area contributed by atoms with Crippen molar-refractivity contribution in [2.24, 2.45) is 5.92 Å². The Morgan fingerprint density at radius 1 is 0.930 bits per heavy atom. The minimum absolute atomic E-state index is 0.0865. The minimum atomic E-state index is -4.83. The van der Waals surface area contributed by atoms with Crippen molar-refractivity contribution in [1.82, 2.24) is 5.32 Å². The van der Waals surface area contributed by atoms with E-state index in [1.54, 1.807) is 0 Å². The molecule has 12 heteroatoms. The minimum Gasteiger partial charge on any atom is -0.467 e. The summed E-state index contributed by atoms with van der Waals surface area (Å²) in [5, 5.41) is 8.62. The number of urea groups is 1. The highest BCUT2D eigenvalue weighted by Gasteiger charge is 2.33. The van der Waals surface area contributed by atoms with E-state index in [0.29, 0.717) is 16.1 Å². The zero-order valence-corrected chi connectivity index (χ0v) is 25.1. The van der Waals surface area contributed by atoms with Crippen LogP contribution in [0.25, 0.3) is 10.4 Å². The third-order valence-electron chi connectivity index (χ3n) is 7.35. The molecule has 0 unspecified atom stereocenters. The SMILES string of the molecule is COC(=O)[C@@H](NC(=O)c1cc(-c2ccc(OC(F)(F)F)cc2)sc1NC(=O)Nc1c(C)cc(C)cc1C)C1CCCCC1. The van der Waals surface area contributed by atoms with E-state index in [0.717, 1.165) is 60.1 Å². The monoisotopic (exact) mass is 617 g/mol. The molecule has 2 aromatic carbocycles. The maximum absolute atomic E-state index is 13.7. The fraction of sp³-hybridized carbons (Fsp3) is 0.387. The summed E-state index contributed by atoms with van der Waals surface area (Å²) in [5.41, 5.74) is 4.03. The predicted octanol–water partition coefficient (Wildman–Crippen LogP) is 7.73. The number of ether oxygens (including phenoxy) is 2. The fourth-order valence-corrected chi connectivity index (χ4v) is 6.48. The molecule has 1 atom stereocenters. The highest BCUT2D eigenvalue weighted by atomic mass is 32.1. The number of hydrogen-bond acceptors (Lipinski definition) is 6. The predicted molar refractivity (Wildman–Crippen MR) is 160 cm³/mol. The summed E-state index contributed by atoms with van der Waals surface area (Å²) in [5.74, 6) is -1.61. The Bertz CT molecular complexity index is 1460. The Hall–Kier alpha value is -4.06. The van der Waals surface area contributed by atoms with Crippen molar-refractivity contribution in [3.63, 3.8) is 0 Å². The number of carbonyl (C=O) groups excluding carboxylic acids is 3. The molecule has 1 heterocycles. The molecule has 8 nitrogen and oxygen atoms in total. The number of rotatable bonds is 8. The molecule has 3 amide bonds. The number of amides is 3. The quantitative estimate of drug-likeness (QED) is 0.224. The topological polar surface area (TPSA) is 106 Å². The average Bonchev–Trinajstić information content (AvgIpc) is 3.36. The lowest BCUT2D eigenvalue weighted by Gasteiger charge is -2.29. The molecule has 1 aliphatic carbocycles. The number of anilines is 2. The zero-order chi connectivity index (χ0) is 31.3. The van der Waals surface area contributed by atoms with Crippen LogP contribution in [-0.4, -0.2) is 37.4 Å².